The molecule has 0 saturated heterocycles. The number of nitrogens with zero attached hydrogens (tertiary/aromatic N) is 1. The molecule has 122 valence electrons. The Kier molecular flexibility index (Phi) is 4.33. The van der Waals surface area contributed by atoms with Gasteiger partial charge in [0, 0.05) is 17.7 Å². The van der Waals surface area contributed by atoms with E-state index in [4.69, 9.17) is 5.11 Å². The van der Waals surface area contributed by atoms with E-state index in [1.54, 1.807) is 6.07 Å². The van der Waals surface area contributed by atoms with Crippen molar-refractivity contribution in [2.75, 3.05) is 0 Å². The fourth-order valence-corrected chi connectivity index (χ4v) is 2.65. The number of aryl methyl sites for hydroxylation is 1. The number of aliphatic carboxylic acids is 1. The topological polar surface area (TPSA) is 86.2 Å². The highest BCUT2D eigenvalue weighted by Crippen LogP contribution is 2.23. The molecule has 0 aliphatic rings. The van der Waals surface area contributed by atoms with Gasteiger partial charge in [0.15, 0.2) is 0 Å². The number of phenolic OH excluding ortho intramolecular Hbond substituents is 1. The Morgan fingerprint density at radius 2 is 1.92 bits per heavy atom. The van der Waals surface area contributed by atoms with Crippen molar-refractivity contribution in [3.63, 3.8) is 0 Å². The first-order chi connectivity index (χ1) is 11.5. The minimum absolute atomic E-state index is 0.129. The molecule has 0 aliphatic carbocycles. The van der Waals surface area contributed by atoms with Gasteiger partial charge in [0.05, 0.1) is 12.1 Å². The van der Waals surface area contributed by atoms with Crippen LogP contribution in [0.2, 0.25) is 0 Å². The number of H-pyrrole nitrogens is 1. The first-order valence-electron chi connectivity index (χ1n) is 7.66. The summed E-state index contributed by atoms with van der Waals surface area (Å²) in [6, 6.07) is 15.0. The third kappa shape index (κ3) is 3.46. The number of carbonyl (C=O) groups is 1. The van der Waals surface area contributed by atoms with E-state index >= 15 is 0 Å². The second-order valence-corrected chi connectivity index (χ2v) is 5.74. The third-order valence-corrected chi connectivity index (χ3v) is 3.87. The van der Waals surface area contributed by atoms with Crippen LogP contribution in [-0.2, 0) is 17.6 Å². The molecule has 3 N–H and O–H groups in total. The van der Waals surface area contributed by atoms with Gasteiger partial charge < -0.3 is 15.2 Å². The minimum Gasteiger partial charge on any atom is -0.508 e. The molecule has 0 aliphatic heterocycles. The maximum Gasteiger partial charge on any atom is 0.309 e. The van der Waals surface area contributed by atoms with Gasteiger partial charge in [0.25, 0.3) is 0 Å². The first kappa shape index (κ1) is 15.8. The summed E-state index contributed by atoms with van der Waals surface area (Å²) in [4.78, 5) is 18.9. The zero-order chi connectivity index (χ0) is 17.1. The highest BCUT2D eigenvalue weighted by atomic mass is 16.4. The van der Waals surface area contributed by atoms with E-state index < -0.39 is 5.97 Å². The number of nitrogens with one attached hydrogen (secondary N) is 1. The molecular weight excluding hydrogens is 304 g/mol. The molecule has 0 saturated carbocycles. The second-order valence-electron chi connectivity index (χ2n) is 5.74. The number of benzene rings is 2. The summed E-state index contributed by atoms with van der Waals surface area (Å²) in [6.45, 7) is 1.83. The Morgan fingerprint density at radius 1 is 1.17 bits per heavy atom. The van der Waals surface area contributed by atoms with Crippen LogP contribution in [0.25, 0.3) is 11.4 Å². The fourth-order valence-electron chi connectivity index (χ4n) is 2.65. The lowest BCUT2D eigenvalue weighted by Gasteiger charge is -2.04. The van der Waals surface area contributed by atoms with Crippen LogP contribution in [-0.4, -0.2) is 26.2 Å². The van der Waals surface area contributed by atoms with Gasteiger partial charge in [-0.1, -0.05) is 42.5 Å². The van der Waals surface area contributed by atoms with E-state index in [9.17, 15) is 9.90 Å². The molecule has 0 fully saturated rings. The van der Waals surface area contributed by atoms with Crippen LogP contribution in [0.15, 0.2) is 48.5 Å². The lowest BCUT2D eigenvalue weighted by atomic mass is 10.0. The van der Waals surface area contributed by atoms with E-state index in [1.807, 2.05) is 49.4 Å². The average molecular weight is 322 g/mol. The summed E-state index contributed by atoms with van der Waals surface area (Å²) < 4.78 is 0. The van der Waals surface area contributed by atoms with Gasteiger partial charge in [-0.3, -0.25) is 4.79 Å². The van der Waals surface area contributed by atoms with Crippen LogP contribution in [0.5, 0.6) is 5.75 Å². The van der Waals surface area contributed by atoms with Crippen LogP contribution in [0.1, 0.15) is 22.5 Å². The van der Waals surface area contributed by atoms with Gasteiger partial charge >= 0.3 is 5.97 Å². The van der Waals surface area contributed by atoms with E-state index in [2.05, 4.69) is 9.97 Å². The number of aromatic amines is 1. The van der Waals surface area contributed by atoms with Crippen molar-refractivity contribution in [1.82, 2.24) is 9.97 Å². The SMILES string of the molecule is Cc1cc(Cc2[nH]c(-c3ccccc3)nc2CC(=O)O)ccc1O. The number of phenols is 1. The maximum absolute atomic E-state index is 11.1. The van der Waals surface area contributed by atoms with Gasteiger partial charge in [0.1, 0.15) is 11.6 Å². The molecule has 1 aromatic heterocycles. The average Bonchev–Trinajstić information content (AvgIpc) is 2.94. The Labute approximate surface area is 139 Å². The van der Waals surface area contributed by atoms with Crippen LogP contribution < -0.4 is 0 Å². The van der Waals surface area contributed by atoms with Crippen LogP contribution in [0.3, 0.4) is 0 Å². The Morgan fingerprint density at radius 3 is 2.58 bits per heavy atom. The van der Waals surface area contributed by atoms with E-state index in [0.717, 1.165) is 22.4 Å². The number of carboxylic acid groups (broad SMARTS) is 1. The van der Waals surface area contributed by atoms with Gasteiger partial charge in [0.2, 0.25) is 0 Å². The summed E-state index contributed by atoms with van der Waals surface area (Å²) in [5.41, 5.74) is 4.00. The molecule has 0 spiro atoms. The highest BCUT2D eigenvalue weighted by molar-refractivity contribution is 5.70. The molecule has 2 aromatic carbocycles. The number of carboxylic acids is 1. The number of rotatable bonds is 5. The monoisotopic (exact) mass is 322 g/mol. The quantitative estimate of drug-likeness (QED) is 0.672. The van der Waals surface area contributed by atoms with Gasteiger partial charge in [-0.25, -0.2) is 4.98 Å². The van der Waals surface area contributed by atoms with Gasteiger partial charge in [-0.05, 0) is 24.1 Å². The molecule has 0 atom stereocenters. The second kappa shape index (κ2) is 6.58. The Balaban J connectivity index is 1.97. The van der Waals surface area contributed by atoms with Crippen LogP contribution in [0, 0.1) is 6.92 Å². The Hall–Kier alpha value is -3.08. The van der Waals surface area contributed by atoms with Crippen LogP contribution >= 0.6 is 0 Å². The zero-order valence-corrected chi connectivity index (χ0v) is 13.3. The predicted octanol–water partition coefficient (Wildman–Crippen LogP) is 3.31. The van der Waals surface area contributed by atoms with Gasteiger partial charge in [-0.15, -0.1) is 0 Å². The zero-order valence-electron chi connectivity index (χ0n) is 13.3. The van der Waals surface area contributed by atoms with Crippen molar-refractivity contribution in [3.05, 3.63) is 71.0 Å². The van der Waals surface area contributed by atoms with E-state index in [1.165, 1.54) is 0 Å². The Bertz CT molecular complexity index is 870. The molecule has 3 rings (SSSR count). The predicted molar refractivity (Wildman–Crippen MR) is 91.0 cm³/mol. The van der Waals surface area contributed by atoms with Crippen molar-refractivity contribution >= 4 is 5.97 Å². The van der Waals surface area contributed by atoms with Crippen molar-refractivity contribution in [2.45, 2.75) is 19.8 Å². The lowest BCUT2D eigenvalue weighted by molar-refractivity contribution is -0.136. The smallest absolute Gasteiger partial charge is 0.309 e. The van der Waals surface area contributed by atoms with Gasteiger partial charge in [-0.2, -0.15) is 0 Å². The summed E-state index contributed by atoms with van der Waals surface area (Å²) >= 11 is 0. The van der Waals surface area contributed by atoms with Crippen LogP contribution in [0.4, 0.5) is 0 Å². The molecule has 0 radical (unpaired) electrons. The minimum atomic E-state index is -0.913. The number of aromatic nitrogens is 2. The fraction of sp³-hybridized carbons (Fsp3) is 0.158. The summed E-state index contributed by atoms with van der Waals surface area (Å²) in [5, 5.41) is 18.8. The largest absolute Gasteiger partial charge is 0.508 e. The maximum atomic E-state index is 11.1. The molecule has 24 heavy (non-hydrogen) atoms. The molecular formula is C19H18N2O3. The highest BCUT2D eigenvalue weighted by Gasteiger charge is 2.15. The first-order valence-corrected chi connectivity index (χ1v) is 7.66. The number of hydrogen-bond acceptors (Lipinski definition) is 3. The van der Waals surface area contributed by atoms with Crippen molar-refractivity contribution < 1.29 is 15.0 Å². The number of hydrogen-bond donors (Lipinski definition) is 3. The number of imidazole rings is 1. The van der Waals surface area contributed by atoms with Crippen molar-refractivity contribution in [2.24, 2.45) is 0 Å². The molecule has 0 unspecified atom stereocenters. The summed E-state index contributed by atoms with van der Waals surface area (Å²) in [6.07, 6.45) is 0.402. The molecule has 0 amide bonds. The molecule has 5 nitrogen and oxygen atoms in total. The third-order valence-electron chi connectivity index (χ3n) is 3.87. The molecule has 1 heterocycles. The normalized spacial score (nSPS) is 10.7. The standard InChI is InChI=1S/C19H18N2O3/c1-12-9-13(7-8-17(12)22)10-15-16(11-18(23)24)21-19(20-15)14-5-3-2-4-6-14/h2-9,22H,10-11H2,1H3,(H,20,21)(H,23,24). The molecule has 3 aromatic rings. The van der Waals surface area contributed by atoms with E-state index in [-0.39, 0.29) is 12.2 Å². The van der Waals surface area contributed by atoms with E-state index in [0.29, 0.717) is 17.9 Å². The lowest BCUT2D eigenvalue weighted by Crippen LogP contribution is -2.04. The summed E-state index contributed by atoms with van der Waals surface area (Å²) in [7, 11) is 0. The molecule has 5 heteroatoms. The van der Waals surface area contributed by atoms with Crippen molar-refractivity contribution in [1.29, 1.82) is 0 Å². The van der Waals surface area contributed by atoms with Crippen molar-refractivity contribution in [3.8, 4) is 17.1 Å². The summed E-state index contributed by atoms with van der Waals surface area (Å²) in [5.74, 6) is 0.000642. The number of aromatic hydroxyl groups is 1. The molecule has 0 bridgehead atoms.